The second-order valence-electron chi connectivity index (χ2n) is 2.76. The molecule has 15 heavy (non-hydrogen) atoms. The summed E-state index contributed by atoms with van der Waals surface area (Å²) in [5, 5.41) is 0.679. The number of rotatable bonds is 3. The third kappa shape index (κ3) is 4.22. The summed E-state index contributed by atoms with van der Waals surface area (Å²) in [5.41, 5.74) is 0.928. The molecule has 0 heterocycles. The van der Waals surface area contributed by atoms with E-state index >= 15 is 0 Å². The van der Waals surface area contributed by atoms with Crippen LogP contribution < -0.4 is 0 Å². The Bertz CT molecular complexity index is 371. The lowest BCUT2D eigenvalue weighted by Crippen LogP contribution is -2.02. The van der Waals surface area contributed by atoms with Crippen LogP contribution in [0.3, 0.4) is 0 Å². The van der Waals surface area contributed by atoms with Gasteiger partial charge in [0.25, 0.3) is 0 Å². The van der Waals surface area contributed by atoms with Gasteiger partial charge in [-0.25, -0.2) is 4.79 Å². The van der Waals surface area contributed by atoms with E-state index in [1.807, 2.05) is 34.7 Å². The first-order valence-electron chi connectivity index (χ1n) is 4.43. The van der Waals surface area contributed by atoms with Crippen LogP contribution in [0.15, 0.2) is 27.8 Å². The molecule has 1 rings (SSSR count). The second kappa shape index (κ2) is 6.12. The van der Waals surface area contributed by atoms with Gasteiger partial charge in [-0.05, 0) is 53.3 Å². The van der Waals surface area contributed by atoms with E-state index in [0.29, 0.717) is 15.2 Å². The molecule has 0 fully saturated rings. The Hall–Kier alpha value is -0.550. The first-order chi connectivity index (χ1) is 7.13. The van der Waals surface area contributed by atoms with E-state index in [2.05, 4.69) is 0 Å². The van der Waals surface area contributed by atoms with E-state index in [4.69, 9.17) is 16.3 Å². The van der Waals surface area contributed by atoms with Gasteiger partial charge in [0.05, 0.1) is 10.2 Å². The van der Waals surface area contributed by atoms with Gasteiger partial charge in [-0.2, -0.15) is 0 Å². The number of hydrogen-bond donors (Lipinski definition) is 0. The molecule has 0 saturated heterocycles. The van der Waals surface area contributed by atoms with Crippen LogP contribution >= 0.6 is 34.2 Å². The van der Waals surface area contributed by atoms with Gasteiger partial charge in [0.2, 0.25) is 0 Å². The minimum Gasteiger partial charge on any atom is -0.462 e. The average Bonchev–Trinajstić information content (AvgIpc) is 2.22. The Morgan fingerprint density at radius 1 is 1.47 bits per heavy atom. The number of hydrogen-bond acceptors (Lipinski definition) is 2. The molecule has 0 aromatic heterocycles. The summed E-state index contributed by atoms with van der Waals surface area (Å²) in [7, 11) is 0. The van der Waals surface area contributed by atoms with Crippen molar-refractivity contribution >= 4 is 46.2 Å². The lowest BCUT2D eigenvalue weighted by Gasteiger charge is -2.00. The minimum atomic E-state index is -0.298. The van der Waals surface area contributed by atoms with Gasteiger partial charge in [0.15, 0.2) is 0 Å². The molecule has 0 amide bonds. The summed E-state index contributed by atoms with van der Waals surface area (Å²) < 4.78 is 5.41. The highest BCUT2D eigenvalue weighted by Crippen LogP contribution is 2.16. The van der Waals surface area contributed by atoms with Crippen LogP contribution in [0, 0.1) is 0 Å². The molecule has 1 aromatic carbocycles. The average molecular weight is 337 g/mol. The molecule has 0 spiro atoms. The fourth-order valence-electron chi connectivity index (χ4n) is 0.964. The van der Waals surface area contributed by atoms with Crippen LogP contribution in [0.2, 0.25) is 5.02 Å². The Morgan fingerprint density at radius 3 is 2.60 bits per heavy atom. The van der Waals surface area contributed by atoms with Crippen LogP contribution in [-0.2, 0) is 9.53 Å². The standard InChI is InChI=1S/C11H10ClIO2/c1-2-15-11(14)10(13)7-8-3-5-9(12)6-4-8/h3-7H,2H2,1H3/b10-7-. The van der Waals surface area contributed by atoms with Crippen LogP contribution in [-0.4, -0.2) is 12.6 Å². The lowest BCUT2D eigenvalue weighted by atomic mass is 10.2. The summed E-state index contributed by atoms with van der Waals surface area (Å²) in [6.07, 6.45) is 1.76. The quantitative estimate of drug-likeness (QED) is 0.478. The summed E-state index contributed by atoms with van der Waals surface area (Å²) in [6, 6.07) is 7.26. The highest BCUT2D eigenvalue weighted by Gasteiger charge is 2.05. The summed E-state index contributed by atoms with van der Waals surface area (Å²) in [5.74, 6) is -0.298. The first-order valence-corrected chi connectivity index (χ1v) is 5.89. The topological polar surface area (TPSA) is 26.3 Å². The zero-order valence-corrected chi connectivity index (χ0v) is 11.1. The van der Waals surface area contributed by atoms with E-state index in [0.717, 1.165) is 5.56 Å². The van der Waals surface area contributed by atoms with Crippen LogP contribution in [0.5, 0.6) is 0 Å². The van der Waals surface area contributed by atoms with Crippen LogP contribution in [0.25, 0.3) is 6.08 Å². The van der Waals surface area contributed by atoms with Gasteiger partial charge in [-0.1, -0.05) is 23.7 Å². The Labute approximate surface area is 107 Å². The van der Waals surface area contributed by atoms with Gasteiger partial charge < -0.3 is 4.74 Å². The molecule has 2 nitrogen and oxygen atoms in total. The number of halogens is 2. The molecule has 0 saturated carbocycles. The molecular weight excluding hydrogens is 326 g/mol. The van der Waals surface area contributed by atoms with Crippen molar-refractivity contribution in [2.75, 3.05) is 6.61 Å². The highest BCUT2D eigenvalue weighted by atomic mass is 127. The van der Waals surface area contributed by atoms with Gasteiger partial charge in [0.1, 0.15) is 0 Å². The van der Waals surface area contributed by atoms with Crippen molar-refractivity contribution in [3.05, 3.63) is 38.4 Å². The monoisotopic (exact) mass is 336 g/mol. The van der Waals surface area contributed by atoms with E-state index in [1.54, 1.807) is 25.1 Å². The summed E-state index contributed by atoms with van der Waals surface area (Å²) in [6.45, 7) is 2.17. The van der Waals surface area contributed by atoms with Crippen molar-refractivity contribution in [1.82, 2.24) is 0 Å². The SMILES string of the molecule is CCOC(=O)/C(I)=C/c1ccc(Cl)cc1. The normalized spacial score (nSPS) is 11.3. The second-order valence-corrected chi connectivity index (χ2v) is 4.36. The van der Waals surface area contributed by atoms with Crippen molar-refractivity contribution in [3.63, 3.8) is 0 Å². The van der Waals surface area contributed by atoms with Gasteiger partial charge >= 0.3 is 5.97 Å². The molecule has 0 N–H and O–H groups in total. The maximum absolute atomic E-state index is 11.3. The molecule has 0 atom stereocenters. The predicted octanol–water partition coefficient (Wildman–Crippen LogP) is 3.68. The largest absolute Gasteiger partial charge is 0.462 e. The van der Waals surface area contributed by atoms with E-state index in [-0.39, 0.29) is 5.97 Å². The number of ether oxygens (including phenoxy) is 1. The third-order valence-corrected chi connectivity index (χ3v) is 2.64. The van der Waals surface area contributed by atoms with E-state index in [9.17, 15) is 4.79 Å². The maximum Gasteiger partial charge on any atom is 0.344 e. The van der Waals surface area contributed by atoms with Crippen LogP contribution in [0.1, 0.15) is 12.5 Å². The van der Waals surface area contributed by atoms with Gasteiger partial charge in [-0.15, -0.1) is 0 Å². The Kier molecular flexibility index (Phi) is 5.11. The molecule has 4 heteroatoms. The van der Waals surface area contributed by atoms with Crippen molar-refractivity contribution in [2.24, 2.45) is 0 Å². The number of carbonyl (C=O) groups is 1. The molecule has 0 radical (unpaired) electrons. The van der Waals surface area contributed by atoms with Crippen molar-refractivity contribution in [3.8, 4) is 0 Å². The fourth-order valence-corrected chi connectivity index (χ4v) is 1.61. The summed E-state index contributed by atoms with van der Waals surface area (Å²) >= 11 is 7.70. The molecule has 0 bridgehead atoms. The molecule has 80 valence electrons. The van der Waals surface area contributed by atoms with Crippen LogP contribution in [0.4, 0.5) is 0 Å². The molecule has 0 aliphatic rings. The molecule has 0 aliphatic heterocycles. The molecular formula is C11H10ClIO2. The smallest absolute Gasteiger partial charge is 0.344 e. The third-order valence-electron chi connectivity index (χ3n) is 1.63. The first kappa shape index (κ1) is 12.5. The Morgan fingerprint density at radius 2 is 2.07 bits per heavy atom. The maximum atomic E-state index is 11.3. The fraction of sp³-hybridized carbons (Fsp3) is 0.182. The number of esters is 1. The van der Waals surface area contributed by atoms with Crippen molar-refractivity contribution in [2.45, 2.75) is 6.92 Å². The van der Waals surface area contributed by atoms with Gasteiger partial charge in [0, 0.05) is 5.02 Å². The number of benzene rings is 1. The highest BCUT2D eigenvalue weighted by molar-refractivity contribution is 14.1. The molecule has 1 aromatic rings. The zero-order valence-electron chi connectivity index (χ0n) is 8.17. The van der Waals surface area contributed by atoms with Crippen molar-refractivity contribution in [1.29, 1.82) is 0 Å². The predicted molar refractivity (Wildman–Crippen MR) is 70.1 cm³/mol. The zero-order chi connectivity index (χ0) is 11.3. The minimum absolute atomic E-state index is 0.298. The summed E-state index contributed by atoms with van der Waals surface area (Å²) in [4.78, 5) is 11.3. The van der Waals surface area contributed by atoms with E-state index < -0.39 is 0 Å². The molecule has 0 aliphatic carbocycles. The molecule has 0 unspecified atom stereocenters. The van der Waals surface area contributed by atoms with Gasteiger partial charge in [-0.3, -0.25) is 0 Å². The lowest BCUT2D eigenvalue weighted by molar-refractivity contribution is -0.137. The Balaban J connectivity index is 2.78. The van der Waals surface area contributed by atoms with E-state index in [1.165, 1.54) is 0 Å². The van der Waals surface area contributed by atoms with Crippen molar-refractivity contribution < 1.29 is 9.53 Å². The number of carbonyl (C=O) groups excluding carboxylic acids is 1.